The molecule has 0 saturated heterocycles. The Balaban J connectivity index is 2.13. The number of rotatable bonds is 0. The number of allylic oxidation sites excluding steroid dienone is 2. The SMILES string of the molecule is CC1/C=C/C2C(CC2(C)C)C(C)CCC1. The molecule has 0 spiro atoms. The third-order valence-corrected chi connectivity index (χ3v) is 4.82. The molecule has 1 fully saturated rings. The van der Waals surface area contributed by atoms with Crippen molar-refractivity contribution in [3.05, 3.63) is 12.2 Å². The van der Waals surface area contributed by atoms with Crippen LogP contribution < -0.4 is 0 Å². The van der Waals surface area contributed by atoms with Crippen molar-refractivity contribution >= 4 is 0 Å². The molecule has 0 nitrogen and oxygen atoms in total. The van der Waals surface area contributed by atoms with Gasteiger partial charge in [-0.2, -0.15) is 0 Å². The van der Waals surface area contributed by atoms with Gasteiger partial charge in [0.05, 0.1) is 0 Å². The van der Waals surface area contributed by atoms with E-state index in [4.69, 9.17) is 0 Å². The van der Waals surface area contributed by atoms with Crippen LogP contribution in [0.1, 0.15) is 53.4 Å². The van der Waals surface area contributed by atoms with Gasteiger partial charge in [0.15, 0.2) is 0 Å². The lowest BCUT2D eigenvalue weighted by Gasteiger charge is -2.53. The molecule has 0 heterocycles. The van der Waals surface area contributed by atoms with Gasteiger partial charge in [-0.1, -0.05) is 52.7 Å². The zero-order valence-corrected chi connectivity index (χ0v) is 10.8. The smallest absolute Gasteiger partial charge is 0.0151 e. The first kappa shape index (κ1) is 11.2. The average molecular weight is 206 g/mol. The highest BCUT2D eigenvalue weighted by atomic mass is 14.5. The lowest BCUT2D eigenvalue weighted by molar-refractivity contribution is -0.0117. The van der Waals surface area contributed by atoms with Crippen LogP contribution in [0.15, 0.2) is 12.2 Å². The van der Waals surface area contributed by atoms with E-state index in [1.807, 2.05) is 0 Å². The van der Waals surface area contributed by atoms with Crippen molar-refractivity contribution in [2.24, 2.45) is 29.1 Å². The lowest BCUT2D eigenvalue weighted by atomic mass is 9.52. The number of fused-ring (bicyclic) bond motifs is 1. The summed E-state index contributed by atoms with van der Waals surface area (Å²) < 4.78 is 0. The molecule has 0 aromatic heterocycles. The van der Waals surface area contributed by atoms with Gasteiger partial charge < -0.3 is 0 Å². The zero-order chi connectivity index (χ0) is 11.1. The van der Waals surface area contributed by atoms with E-state index in [0.29, 0.717) is 5.41 Å². The highest BCUT2D eigenvalue weighted by molar-refractivity contribution is 5.09. The molecule has 15 heavy (non-hydrogen) atoms. The summed E-state index contributed by atoms with van der Waals surface area (Å²) in [7, 11) is 0. The molecule has 2 rings (SSSR count). The molecule has 0 aromatic rings. The van der Waals surface area contributed by atoms with Crippen LogP contribution in [-0.2, 0) is 0 Å². The van der Waals surface area contributed by atoms with Gasteiger partial charge in [0, 0.05) is 0 Å². The molecular formula is C15H26. The molecule has 0 aromatic carbocycles. The van der Waals surface area contributed by atoms with Crippen molar-refractivity contribution in [3.8, 4) is 0 Å². The van der Waals surface area contributed by atoms with Gasteiger partial charge in [0.2, 0.25) is 0 Å². The molecule has 0 N–H and O–H groups in total. The van der Waals surface area contributed by atoms with Crippen LogP contribution in [-0.4, -0.2) is 0 Å². The average Bonchev–Trinajstić information content (AvgIpc) is 2.18. The Bertz CT molecular complexity index is 249. The first-order valence-corrected chi connectivity index (χ1v) is 6.69. The second kappa shape index (κ2) is 3.96. The molecule has 4 atom stereocenters. The molecule has 4 unspecified atom stereocenters. The van der Waals surface area contributed by atoms with Crippen LogP contribution in [0, 0.1) is 29.1 Å². The van der Waals surface area contributed by atoms with Crippen LogP contribution in [0.2, 0.25) is 0 Å². The van der Waals surface area contributed by atoms with Crippen LogP contribution in [0.5, 0.6) is 0 Å². The highest BCUT2D eigenvalue weighted by Gasteiger charge is 2.47. The largest absolute Gasteiger partial charge is 0.0854 e. The number of hydrogen-bond donors (Lipinski definition) is 0. The Morgan fingerprint density at radius 3 is 2.47 bits per heavy atom. The standard InChI is InChI=1S/C15H26/c1-11-6-5-7-12(2)13-10-15(3,4)14(13)9-8-11/h8-9,11-14H,5-7,10H2,1-4H3/b9-8+. The molecule has 0 radical (unpaired) electrons. The molecule has 86 valence electrons. The Kier molecular flexibility index (Phi) is 2.96. The van der Waals surface area contributed by atoms with Gasteiger partial charge in [-0.05, 0) is 41.9 Å². The van der Waals surface area contributed by atoms with Crippen molar-refractivity contribution in [3.63, 3.8) is 0 Å². The summed E-state index contributed by atoms with van der Waals surface area (Å²) in [4.78, 5) is 0. The van der Waals surface area contributed by atoms with Crippen molar-refractivity contribution < 1.29 is 0 Å². The summed E-state index contributed by atoms with van der Waals surface area (Å²) in [6.45, 7) is 9.71. The third-order valence-electron chi connectivity index (χ3n) is 4.82. The minimum Gasteiger partial charge on any atom is -0.0854 e. The Morgan fingerprint density at radius 1 is 1.07 bits per heavy atom. The molecule has 2 aliphatic carbocycles. The summed E-state index contributed by atoms with van der Waals surface area (Å²) in [5.41, 5.74) is 0.569. The Morgan fingerprint density at radius 2 is 1.80 bits per heavy atom. The van der Waals surface area contributed by atoms with E-state index < -0.39 is 0 Å². The highest BCUT2D eigenvalue weighted by Crippen LogP contribution is 2.55. The van der Waals surface area contributed by atoms with Crippen molar-refractivity contribution in [2.45, 2.75) is 53.4 Å². The van der Waals surface area contributed by atoms with E-state index in [2.05, 4.69) is 39.8 Å². The van der Waals surface area contributed by atoms with Gasteiger partial charge >= 0.3 is 0 Å². The molecule has 0 amide bonds. The van der Waals surface area contributed by atoms with Crippen LogP contribution >= 0.6 is 0 Å². The molecular weight excluding hydrogens is 180 g/mol. The van der Waals surface area contributed by atoms with Crippen molar-refractivity contribution in [1.82, 2.24) is 0 Å². The quantitative estimate of drug-likeness (QED) is 0.506. The van der Waals surface area contributed by atoms with Crippen LogP contribution in [0.4, 0.5) is 0 Å². The van der Waals surface area contributed by atoms with Gasteiger partial charge in [-0.15, -0.1) is 0 Å². The maximum absolute atomic E-state index is 2.54. The lowest BCUT2D eigenvalue weighted by Crippen LogP contribution is -2.45. The van der Waals surface area contributed by atoms with E-state index in [1.165, 1.54) is 25.7 Å². The summed E-state index contributed by atoms with van der Waals surface area (Å²) in [6, 6.07) is 0. The molecule has 0 bridgehead atoms. The zero-order valence-electron chi connectivity index (χ0n) is 10.8. The second-order valence-corrected chi connectivity index (χ2v) is 6.65. The predicted molar refractivity (Wildman–Crippen MR) is 66.7 cm³/mol. The van der Waals surface area contributed by atoms with E-state index in [-0.39, 0.29) is 0 Å². The summed E-state index contributed by atoms with van der Waals surface area (Å²) in [5.74, 6) is 3.57. The van der Waals surface area contributed by atoms with E-state index in [9.17, 15) is 0 Å². The van der Waals surface area contributed by atoms with Gasteiger partial charge in [0.1, 0.15) is 0 Å². The van der Waals surface area contributed by atoms with Crippen LogP contribution in [0.25, 0.3) is 0 Å². The number of hydrogen-bond acceptors (Lipinski definition) is 0. The molecule has 0 aliphatic heterocycles. The van der Waals surface area contributed by atoms with Gasteiger partial charge in [0.25, 0.3) is 0 Å². The van der Waals surface area contributed by atoms with Gasteiger partial charge in [-0.25, -0.2) is 0 Å². The summed E-state index contributed by atoms with van der Waals surface area (Å²) >= 11 is 0. The molecule has 1 saturated carbocycles. The van der Waals surface area contributed by atoms with E-state index >= 15 is 0 Å². The maximum atomic E-state index is 2.54. The first-order chi connectivity index (χ1) is 7.00. The Labute approximate surface area is 95.1 Å². The molecule has 2 aliphatic rings. The topological polar surface area (TPSA) is 0 Å². The monoisotopic (exact) mass is 206 g/mol. The summed E-state index contributed by atoms with van der Waals surface area (Å²) in [5, 5.41) is 0. The predicted octanol–water partition coefficient (Wildman–Crippen LogP) is 4.66. The molecule has 0 heteroatoms. The normalized spacial score (nSPS) is 46.7. The third kappa shape index (κ3) is 2.14. The minimum absolute atomic E-state index is 0.569. The minimum atomic E-state index is 0.569. The van der Waals surface area contributed by atoms with E-state index in [0.717, 1.165) is 23.7 Å². The second-order valence-electron chi connectivity index (χ2n) is 6.65. The van der Waals surface area contributed by atoms with Crippen molar-refractivity contribution in [1.29, 1.82) is 0 Å². The Hall–Kier alpha value is -0.260. The fraction of sp³-hybridized carbons (Fsp3) is 0.867. The van der Waals surface area contributed by atoms with Crippen LogP contribution in [0.3, 0.4) is 0 Å². The fourth-order valence-electron chi connectivity index (χ4n) is 3.63. The first-order valence-electron chi connectivity index (χ1n) is 6.69. The van der Waals surface area contributed by atoms with Gasteiger partial charge in [-0.3, -0.25) is 0 Å². The van der Waals surface area contributed by atoms with E-state index in [1.54, 1.807) is 0 Å². The fourth-order valence-corrected chi connectivity index (χ4v) is 3.63. The summed E-state index contributed by atoms with van der Waals surface area (Å²) in [6.07, 6.45) is 10.7. The maximum Gasteiger partial charge on any atom is -0.0151 e. The van der Waals surface area contributed by atoms with Crippen molar-refractivity contribution in [2.75, 3.05) is 0 Å².